The number of nitrogens with two attached hydrogens (primary N) is 1. The van der Waals surface area contributed by atoms with Crippen LogP contribution in [-0.4, -0.2) is 5.78 Å². The third-order valence-corrected chi connectivity index (χ3v) is 2.33. The van der Waals surface area contributed by atoms with Gasteiger partial charge in [-0.05, 0) is 23.6 Å². The summed E-state index contributed by atoms with van der Waals surface area (Å²) in [6.07, 6.45) is 1.40. The number of benzene rings is 1. The molecule has 12 heavy (non-hydrogen) atoms. The van der Waals surface area contributed by atoms with Crippen molar-refractivity contribution in [2.75, 3.05) is 5.73 Å². The minimum absolute atomic E-state index is 0.363. The van der Waals surface area contributed by atoms with Gasteiger partial charge in [0.1, 0.15) is 5.78 Å². The number of hydrogen-bond acceptors (Lipinski definition) is 2. The van der Waals surface area contributed by atoms with Crippen molar-refractivity contribution < 1.29 is 4.79 Å². The first-order valence-electron chi connectivity index (χ1n) is 4.13. The normalized spacial score (nSPS) is 17.5. The summed E-state index contributed by atoms with van der Waals surface area (Å²) < 4.78 is 0. The fourth-order valence-corrected chi connectivity index (χ4v) is 1.54. The van der Waals surface area contributed by atoms with Crippen molar-refractivity contribution in [2.45, 2.75) is 18.8 Å². The summed E-state index contributed by atoms with van der Waals surface area (Å²) in [5.41, 5.74) is 7.61. The molecule has 2 N–H and O–H groups in total. The van der Waals surface area contributed by atoms with Crippen molar-refractivity contribution in [3.8, 4) is 0 Å². The van der Waals surface area contributed by atoms with Crippen LogP contribution in [0.2, 0.25) is 0 Å². The fraction of sp³-hybridized carbons (Fsp3) is 0.300. The van der Waals surface area contributed by atoms with E-state index >= 15 is 0 Å². The molecule has 1 fully saturated rings. The van der Waals surface area contributed by atoms with Gasteiger partial charge in [-0.25, -0.2) is 0 Å². The van der Waals surface area contributed by atoms with Gasteiger partial charge in [0, 0.05) is 18.5 Å². The largest absolute Gasteiger partial charge is 0.399 e. The van der Waals surface area contributed by atoms with Crippen LogP contribution >= 0.6 is 0 Å². The fourth-order valence-electron chi connectivity index (χ4n) is 1.54. The standard InChI is InChI=1S/C10H11NO/c11-9-3-1-2-7(4-9)8-5-10(12)6-8/h1-4,8H,5-6,11H2. The predicted molar refractivity (Wildman–Crippen MR) is 47.8 cm³/mol. The quantitative estimate of drug-likeness (QED) is 0.637. The summed E-state index contributed by atoms with van der Waals surface area (Å²) in [5.74, 6) is 0.795. The average Bonchev–Trinajstić information content (AvgIpc) is 1.99. The maximum atomic E-state index is 10.7. The number of ketones is 1. The lowest BCUT2D eigenvalue weighted by atomic mass is 9.79. The number of anilines is 1. The second-order valence-electron chi connectivity index (χ2n) is 3.31. The van der Waals surface area contributed by atoms with Crippen LogP contribution in [0.3, 0.4) is 0 Å². The Hall–Kier alpha value is -1.31. The Morgan fingerprint density at radius 1 is 1.33 bits per heavy atom. The molecule has 0 unspecified atom stereocenters. The highest BCUT2D eigenvalue weighted by Crippen LogP contribution is 2.33. The molecule has 0 heterocycles. The number of Topliss-reactive ketones (excluding diaryl/α,β-unsaturated/α-hetero) is 1. The number of hydrogen-bond donors (Lipinski definition) is 1. The van der Waals surface area contributed by atoms with Crippen molar-refractivity contribution in [2.24, 2.45) is 0 Å². The summed E-state index contributed by atoms with van der Waals surface area (Å²) in [6, 6.07) is 7.79. The number of rotatable bonds is 1. The van der Waals surface area contributed by atoms with Gasteiger partial charge in [0.2, 0.25) is 0 Å². The van der Waals surface area contributed by atoms with E-state index in [0.717, 1.165) is 5.69 Å². The number of carbonyl (C=O) groups excluding carboxylic acids is 1. The maximum absolute atomic E-state index is 10.7. The van der Waals surface area contributed by atoms with E-state index < -0.39 is 0 Å². The monoisotopic (exact) mass is 161 g/mol. The Labute approximate surface area is 71.4 Å². The van der Waals surface area contributed by atoms with Gasteiger partial charge < -0.3 is 5.73 Å². The lowest BCUT2D eigenvalue weighted by molar-refractivity contribution is -0.124. The average molecular weight is 161 g/mol. The minimum atomic E-state index is 0.363. The first-order chi connectivity index (χ1) is 5.75. The van der Waals surface area contributed by atoms with E-state index in [-0.39, 0.29) is 0 Å². The SMILES string of the molecule is Nc1cccc(C2CC(=O)C2)c1. The van der Waals surface area contributed by atoms with E-state index in [1.54, 1.807) is 0 Å². The van der Waals surface area contributed by atoms with Gasteiger partial charge in [0.15, 0.2) is 0 Å². The van der Waals surface area contributed by atoms with E-state index in [2.05, 4.69) is 0 Å². The second-order valence-corrected chi connectivity index (χ2v) is 3.31. The summed E-state index contributed by atoms with van der Waals surface area (Å²) in [4.78, 5) is 10.7. The Bertz CT molecular complexity index is 311. The van der Waals surface area contributed by atoms with Gasteiger partial charge >= 0.3 is 0 Å². The molecule has 0 atom stereocenters. The number of carbonyl (C=O) groups is 1. The maximum Gasteiger partial charge on any atom is 0.134 e. The molecule has 2 heteroatoms. The zero-order chi connectivity index (χ0) is 8.55. The summed E-state index contributed by atoms with van der Waals surface area (Å²) in [5, 5.41) is 0. The van der Waals surface area contributed by atoms with Crippen molar-refractivity contribution in [1.82, 2.24) is 0 Å². The van der Waals surface area contributed by atoms with Crippen LogP contribution in [0.5, 0.6) is 0 Å². The van der Waals surface area contributed by atoms with E-state index in [0.29, 0.717) is 24.5 Å². The summed E-state index contributed by atoms with van der Waals surface area (Å²) in [7, 11) is 0. The van der Waals surface area contributed by atoms with Crippen LogP contribution in [-0.2, 0) is 4.79 Å². The van der Waals surface area contributed by atoms with Gasteiger partial charge in [-0.1, -0.05) is 12.1 Å². The molecule has 1 aliphatic rings. The molecule has 62 valence electrons. The van der Waals surface area contributed by atoms with E-state index in [1.807, 2.05) is 24.3 Å². The van der Waals surface area contributed by atoms with Crippen LogP contribution in [0.15, 0.2) is 24.3 Å². The van der Waals surface area contributed by atoms with Crippen molar-refractivity contribution >= 4 is 11.5 Å². The minimum Gasteiger partial charge on any atom is -0.399 e. The third kappa shape index (κ3) is 1.20. The Morgan fingerprint density at radius 3 is 2.67 bits per heavy atom. The molecule has 1 aromatic rings. The zero-order valence-corrected chi connectivity index (χ0v) is 6.79. The van der Waals surface area contributed by atoms with Crippen LogP contribution in [0.25, 0.3) is 0 Å². The Balaban J connectivity index is 2.18. The molecule has 1 aliphatic carbocycles. The molecule has 0 amide bonds. The van der Waals surface area contributed by atoms with Crippen molar-refractivity contribution in [3.05, 3.63) is 29.8 Å². The van der Waals surface area contributed by atoms with Crippen LogP contribution in [0, 0.1) is 0 Å². The molecule has 0 saturated heterocycles. The Morgan fingerprint density at radius 2 is 2.08 bits per heavy atom. The second kappa shape index (κ2) is 2.63. The molecular weight excluding hydrogens is 150 g/mol. The third-order valence-electron chi connectivity index (χ3n) is 2.33. The first-order valence-corrected chi connectivity index (χ1v) is 4.13. The molecule has 1 saturated carbocycles. The predicted octanol–water partition coefficient (Wildman–Crippen LogP) is 1.72. The highest BCUT2D eigenvalue weighted by molar-refractivity contribution is 5.86. The smallest absolute Gasteiger partial charge is 0.134 e. The van der Waals surface area contributed by atoms with Crippen LogP contribution < -0.4 is 5.73 Å². The van der Waals surface area contributed by atoms with E-state index in [1.165, 1.54) is 5.56 Å². The molecule has 1 aromatic carbocycles. The van der Waals surface area contributed by atoms with E-state index in [4.69, 9.17) is 5.73 Å². The summed E-state index contributed by atoms with van der Waals surface area (Å²) in [6.45, 7) is 0. The molecule has 2 rings (SSSR count). The molecule has 0 aromatic heterocycles. The van der Waals surface area contributed by atoms with Crippen molar-refractivity contribution in [1.29, 1.82) is 0 Å². The first kappa shape index (κ1) is 7.35. The topological polar surface area (TPSA) is 43.1 Å². The Kier molecular flexibility index (Phi) is 1.61. The van der Waals surface area contributed by atoms with Gasteiger partial charge in [0.25, 0.3) is 0 Å². The van der Waals surface area contributed by atoms with Gasteiger partial charge in [-0.3, -0.25) is 4.79 Å². The van der Waals surface area contributed by atoms with Gasteiger partial charge in [0.05, 0.1) is 0 Å². The molecule has 0 bridgehead atoms. The highest BCUT2D eigenvalue weighted by atomic mass is 16.1. The molecule has 2 nitrogen and oxygen atoms in total. The zero-order valence-electron chi connectivity index (χ0n) is 6.79. The molecule has 0 spiro atoms. The van der Waals surface area contributed by atoms with Crippen LogP contribution in [0.4, 0.5) is 5.69 Å². The van der Waals surface area contributed by atoms with Crippen molar-refractivity contribution in [3.63, 3.8) is 0 Å². The van der Waals surface area contributed by atoms with Gasteiger partial charge in [-0.15, -0.1) is 0 Å². The molecular formula is C10H11NO. The number of nitrogen functional groups attached to an aromatic ring is 1. The summed E-state index contributed by atoms with van der Waals surface area (Å²) >= 11 is 0. The lowest BCUT2D eigenvalue weighted by Gasteiger charge is -2.24. The van der Waals surface area contributed by atoms with E-state index in [9.17, 15) is 4.79 Å². The highest BCUT2D eigenvalue weighted by Gasteiger charge is 2.27. The van der Waals surface area contributed by atoms with Crippen LogP contribution in [0.1, 0.15) is 24.3 Å². The molecule has 0 radical (unpaired) electrons. The lowest BCUT2D eigenvalue weighted by Crippen LogP contribution is -2.21. The van der Waals surface area contributed by atoms with Gasteiger partial charge in [-0.2, -0.15) is 0 Å². The molecule has 0 aliphatic heterocycles.